The standard InChI is InChI=1S/C19H30N4O/c1-4-14(2)22-18(24)16-9-7-8-15(12-16)13-21-19(20-3)23-17-10-5-6-11-17/h7-9,12,14,17H,4-6,10-11,13H2,1-3H3,(H,22,24)(H2,20,21,23). The fourth-order valence-corrected chi connectivity index (χ4v) is 2.88. The Labute approximate surface area is 145 Å². The van der Waals surface area contributed by atoms with E-state index in [9.17, 15) is 4.79 Å². The molecule has 1 aliphatic rings. The molecule has 132 valence electrons. The van der Waals surface area contributed by atoms with Crippen LogP contribution in [0.1, 0.15) is 61.9 Å². The Hall–Kier alpha value is -2.04. The second kappa shape index (κ2) is 9.30. The molecule has 24 heavy (non-hydrogen) atoms. The van der Waals surface area contributed by atoms with Crippen molar-refractivity contribution in [2.24, 2.45) is 4.99 Å². The van der Waals surface area contributed by atoms with Gasteiger partial charge in [0.1, 0.15) is 0 Å². The number of hydrogen-bond donors (Lipinski definition) is 3. The second-order valence-corrected chi connectivity index (χ2v) is 6.53. The average Bonchev–Trinajstić information content (AvgIpc) is 3.11. The molecular weight excluding hydrogens is 300 g/mol. The summed E-state index contributed by atoms with van der Waals surface area (Å²) in [6.07, 6.45) is 5.94. The van der Waals surface area contributed by atoms with Gasteiger partial charge < -0.3 is 16.0 Å². The zero-order valence-corrected chi connectivity index (χ0v) is 15.1. The van der Waals surface area contributed by atoms with Crippen LogP contribution in [0.4, 0.5) is 0 Å². The summed E-state index contributed by atoms with van der Waals surface area (Å²) < 4.78 is 0. The number of hydrogen-bond acceptors (Lipinski definition) is 2. The fourth-order valence-electron chi connectivity index (χ4n) is 2.88. The number of carbonyl (C=O) groups excluding carboxylic acids is 1. The van der Waals surface area contributed by atoms with E-state index < -0.39 is 0 Å². The third-order valence-electron chi connectivity index (χ3n) is 4.56. The van der Waals surface area contributed by atoms with E-state index in [-0.39, 0.29) is 11.9 Å². The summed E-state index contributed by atoms with van der Waals surface area (Å²) >= 11 is 0. The largest absolute Gasteiger partial charge is 0.354 e. The van der Waals surface area contributed by atoms with Gasteiger partial charge in [0, 0.05) is 31.2 Å². The molecule has 5 nitrogen and oxygen atoms in total. The molecule has 1 unspecified atom stereocenters. The maximum atomic E-state index is 12.2. The van der Waals surface area contributed by atoms with Gasteiger partial charge in [-0.25, -0.2) is 0 Å². The number of amides is 1. The molecule has 1 aromatic carbocycles. The van der Waals surface area contributed by atoms with Gasteiger partial charge in [0.15, 0.2) is 5.96 Å². The van der Waals surface area contributed by atoms with Crippen molar-refractivity contribution in [1.82, 2.24) is 16.0 Å². The molecular formula is C19H30N4O. The lowest BCUT2D eigenvalue weighted by atomic mass is 10.1. The highest BCUT2D eigenvalue weighted by Gasteiger charge is 2.16. The van der Waals surface area contributed by atoms with Gasteiger partial charge in [-0.3, -0.25) is 9.79 Å². The number of nitrogens with one attached hydrogen (secondary N) is 3. The summed E-state index contributed by atoms with van der Waals surface area (Å²) in [5.74, 6) is 0.816. The maximum absolute atomic E-state index is 12.2. The molecule has 1 aliphatic carbocycles. The number of nitrogens with zero attached hydrogens (tertiary/aromatic N) is 1. The highest BCUT2D eigenvalue weighted by atomic mass is 16.1. The molecule has 2 rings (SSSR count). The molecule has 1 aromatic rings. The maximum Gasteiger partial charge on any atom is 0.251 e. The van der Waals surface area contributed by atoms with Crippen LogP contribution < -0.4 is 16.0 Å². The highest BCUT2D eigenvalue weighted by molar-refractivity contribution is 5.94. The fraction of sp³-hybridized carbons (Fsp3) is 0.579. The van der Waals surface area contributed by atoms with Gasteiger partial charge in [0.25, 0.3) is 5.91 Å². The third kappa shape index (κ3) is 5.55. The summed E-state index contributed by atoms with van der Waals surface area (Å²) in [5.41, 5.74) is 1.77. The van der Waals surface area contributed by atoms with Crippen molar-refractivity contribution >= 4 is 11.9 Å². The molecule has 1 saturated carbocycles. The third-order valence-corrected chi connectivity index (χ3v) is 4.56. The van der Waals surface area contributed by atoms with Gasteiger partial charge in [-0.2, -0.15) is 0 Å². The number of benzene rings is 1. The minimum atomic E-state index is -0.0142. The lowest BCUT2D eigenvalue weighted by molar-refractivity contribution is 0.0939. The molecule has 1 amide bonds. The molecule has 0 spiro atoms. The van der Waals surface area contributed by atoms with Crippen LogP contribution in [-0.2, 0) is 6.54 Å². The number of aliphatic imine (C=N–C) groups is 1. The minimum absolute atomic E-state index is 0.0142. The van der Waals surface area contributed by atoms with Crippen LogP contribution in [0.2, 0.25) is 0 Å². The molecule has 1 fully saturated rings. The average molecular weight is 330 g/mol. The monoisotopic (exact) mass is 330 g/mol. The summed E-state index contributed by atoms with van der Waals surface area (Å²) in [5, 5.41) is 9.81. The summed E-state index contributed by atoms with van der Waals surface area (Å²) in [6.45, 7) is 4.73. The Kier molecular flexibility index (Phi) is 7.09. The van der Waals surface area contributed by atoms with Crippen LogP contribution in [0, 0.1) is 0 Å². The Morgan fingerprint density at radius 3 is 2.75 bits per heavy atom. The van der Waals surface area contributed by atoms with E-state index in [0.717, 1.165) is 17.9 Å². The number of carbonyl (C=O) groups is 1. The first-order valence-electron chi connectivity index (χ1n) is 8.99. The first-order valence-corrected chi connectivity index (χ1v) is 8.99. The first-order chi connectivity index (χ1) is 11.6. The van der Waals surface area contributed by atoms with Crippen molar-refractivity contribution < 1.29 is 4.79 Å². The topological polar surface area (TPSA) is 65.5 Å². The molecule has 0 aromatic heterocycles. The molecule has 0 radical (unpaired) electrons. The zero-order chi connectivity index (χ0) is 17.4. The van der Waals surface area contributed by atoms with Crippen LogP contribution >= 0.6 is 0 Å². The van der Waals surface area contributed by atoms with Crippen molar-refractivity contribution in [3.63, 3.8) is 0 Å². The Morgan fingerprint density at radius 1 is 1.33 bits per heavy atom. The molecule has 1 atom stereocenters. The van der Waals surface area contributed by atoms with E-state index >= 15 is 0 Å². The van der Waals surface area contributed by atoms with Crippen molar-refractivity contribution in [2.75, 3.05) is 7.05 Å². The Morgan fingerprint density at radius 2 is 2.08 bits per heavy atom. The quantitative estimate of drug-likeness (QED) is 0.555. The van der Waals surface area contributed by atoms with E-state index in [4.69, 9.17) is 0 Å². The van der Waals surface area contributed by atoms with Gasteiger partial charge in [-0.05, 0) is 43.9 Å². The minimum Gasteiger partial charge on any atom is -0.354 e. The smallest absolute Gasteiger partial charge is 0.251 e. The van der Waals surface area contributed by atoms with Gasteiger partial charge in [0.2, 0.25) is 0 Å². The van der Waals surface area contributed by atoms with Crippen LogP contribution in [0.15, 0.2) is 29.3 Å². The van der Waals surface area contributed by atoms with Crippen molar-refractivity contribution in [2.45, 2.75) is 64.6 Å². The summed E-state index contributed by atoms with van der Waals surface area (Å²) in [4.78, 5) is 16.5. The molecule has 3 N–H and O–H groups in total. The van der Waals surface area contributed by atoms with Gasteiger partial charge in [0.05, 0.1) is 0 Å². The second-order valence-electron chi connectivity index (χ2n) is 6.53. The first kappa shape index (κ1) is 18.3. The van der Waals surface area contributed by atoms with E-state index in [0.29, 0.717) is 18.2 Å². The van der Waals surface area contributed by atoms with Crippen molar-refractivity contribution in [3.8, 4) is 0 Å². The normalized spacial score (nSPS) is 16.7. The van der Waals surface area contributed by atoms with Crippen LogP contribution in [0.3, 0.4) is 0 Å². The van der Waals surface area contributed by atoms with Crippen LogP contribution in [0.25, 0.3) is 0 Å². The lowest BCUT2D eigenvalue weighted by Crippen LogP contribution is -2.42. The predicted octanol–water partition coefficient (Wildman–Crippen LogP) is 2.82. The van der Waals surface area contributed by atoms with E-state index in [1.54, 1.807) is 7.05 Å². The lowest BCUT2D eigenvalue weighted by Gasteiger charge is -2.17. The van der Waals surface area contributed by atoms with Gasteiger partial charge >= 0.3 is 0 Å². The van der Waals surface area contributed by atoms with Gasteiger partial charge in [-0.1, -0.05) is 31.9 Å². The number of rotatable bonds is 6. The molecule has 0 bridgehead atoms. The summed E-state index contributed by atoms with van der Waals surface area (Å²) in [7, 11) is 1.79. The summed E-state index contributed by atoms with van der Waals surface area (Å²) in [6, 6.07) is 8.46. The van der Waals surface area contributed by atoms with Crippen molar-refractivity contribution in [1.29, 1.82) is 0 Å². The molecule has 0 saturated heterocycles. The van der Waals surface area contributed by atoms with E-state index in [1.807, 2.05) is 31.2 Å². The van der Waals surface area contributed by atoms with E-state index in [2.05, 4.69) is 27.9 Å². The molecule has 0 aliphatic heterocycles. The van der Waals surface area contributed by atoms with Crippen LogP contribution in [-0.4, -0.2) is 31.0 Å². The molecule has 5 heteroatoms. The van der Waals surface area contributed by atoms with E-state index in [1.165, 1.54) is 25.7 Å². The predicted molar refractivity (Wildman–Crippen MR) is 99.3 cm³/mol. The Bertz CT molecular complexity index is 564. The SMILES string of the molecule is CCC(C)NC(=O)c1cccc(CNC(=NC)NC2CCCC2)c1. The highest BCUT2D eigenvalue weighted by Crippen LogP contribution is 2.17. The van der Waals surface area contributed by atoms with Gasteiger partial charge in [-0.15, -0.1) is 0 Å². The van der Waals surface area contributed by atoms with Crippen molar-refractivity contribution in [3.05, 3.63) is 35.4 Å². The zero-order valence-electron chi connectivity index (χ0n) is 15.1. The Balaban J connectivity index is 1.89. The number of guanidine groups is 1. The molecule has 0 heterocycles. The van der Waals surface area contributed by atoms with Crippen LogP contribution in [0.5, 0.6) is 0 Å².